The predicted octanol–water partition coefficient (Wildman–Crippen LogP) is 3.24. The van der Waals surface area contributed by atoms with E-state index < -0.39 is 0 Å². The number of nitrogens with two attached hydrogens (primary N) is 1. The van der Waals surface area contributed by atoms with Gasteiger partial charge in [-0.1, -0.05) is 29.8 Å². The summed E-state index contributed by atoms with van der Waals surface area (Å²) in [6.07, 6.45) is 0.508. The van der Waals surface area contributed by atoms with E-state index in [4.69, 9.17) is 17.3 Å². The van der Waals surface area contributed by atoms with Crippen molar-refractivity contribution in [2.75, 3.05) is 12.8 Å². The van der Waals surface area contributed by atoms with Crippen molar-refractivity contribution < 1.29 is 9.53 Å². The number of esters is 1. The van der Waals surface area contributed by atoms with Crippen LogP contribution in [0.25, 0.3) is 10.9 Å². The Morgan fingerprint density at radius 3 is 2.61 bits per heavy atom. The normalized spacial score (nSPS) is 10.7. The summed E-state index contributed by atoms with van der Waals surface area (Å²) in [5.74, 6) is 0.599. The molecular weight excluding hydrogens is 314 g/mol. The average molecular weight is 328 g/mol. The molecule has 0 aliphatic carbocycles. The molecule has 0 saturated carbocycles. The molecule has 0 atom stereocenters. The smallest absolute Gasteiger partial charge is 0.337 e. The van der Waals surface area contributed by atoms with Crippen LogP contribution in [0.4, 0.5) is 5.82 Å². The van der Waals surface area contributed by atoms with Crippen molar-refractivity contribution in [2.45, 2.75) is 6.42 Å². The Morgan fingerprint density at radius 2 is 1.91 bits per heavy atom. The zero-order valence-corrected chi connectivity index (χ0v) is 13.2. The van der Waals surface area contributed by atoms with Crippen molar-refractivity contribution in [3.63, 3.8) is 0 Å². The maximum Gasteiger partial charge on any atom is 0.337 e. The van der Waals surface area contributed by atoms with Gasteiger partial charge in [-0.05, 0) is 29.8 Å². The number of ether oxygens (including phenoxy) is 1. The standard InChI is InChI=1S/C17H14ClN3O2/c1-23-17(22)11-7-5-10(6-8-11)9-14-20-13-4-2-3-12(18)15(13)16(19)21-14/h2-8H,9H2,1H3,(H2,19,20,21). The lowest BCUT2D eigenvalue weighted by Gasteiger charge is -2.07. The van der Waals surface area contributed by atoms with Crippen LogP contribution in [0, 0.1) is 0 Å². The van der Waals surface area contributed by atoms with Gasteiger partial charge in [-0.25, -0.2) is 14.8 Å². The fourth-order valence-corrected chi connectivity index (χ4v) is 2.62. The third-order valence-corrected chi connectivity index (χ3v) is 3.80. The first-order valence-corrected chi connectivity index (χ1v) is 7.34. The molecule has 3 aromatic rings. The highest BCUT2D eigenvalue weighted by Crippen LogP contribution is 2.26. The van der Waals surface area contributed by atoms with Crippen molar-refractivity contribution in [2.24, 2.45) is 0 Å². The molecule has 0 aliphatic rings. The molecule has 2 aromatic carbocycles. The second kappa shape index (κ2) is 6.22. The Hall–Kier alpha value is -2.66. The Labute approximate surface area is 138 Å². The minimum Gasteiger partial charge on any atom is -0.465 e. The number of carbonyl (C=O) groups excluding carboxylic acids is 1. The van der Waals surface area contributed by atoms with Crippen LogP contribution < -0.4 is 5.73 Å². The summed E-state index contributed by atoms with van der Waals surface area (Å²) in [6, 6.07) is 12.5. The largest absolute Gasteiger partial charge is 0.465 e. The Bertz CT molecular complexity index is 879. The highest BCUT2D eigenvalue weighted by atomic mass is 35.5. The summed E-state index contributed by atoms with van der Waals surface area (Å²) >= 11 is 6.13. The van der Waals surface area contributed by atoms with E-state index in [1.807, 2.05) is 24.3 Å². The van der Waals surface area contributed by atoms with Crippen molar-refractivity contribution in [3.05, 3.63) is 64.4 Å². The van der Waals surface area contributed by atoms with Crippen LogP contribution in [-0.2, 0) is 11.2 Å². The van der Waals surface area contributed by atoms with Gasteiger partial charge in [0.25, 0.3) is 0 Å². The molecule has 3 rings (SSSR count). The Balaban J connectivity index is 1.91. The van der Waals surface area contributed by atoms with Crippen molar-refractivity contribution in [3.8, 4) is 0 Å². The molecule has 1 aromatic heterocycles. The molecule has 0 unspecified atom stereocenters. The number of fused-ring (bicyclic) bond motifs is 1. The average Bonchev–Trinajstić information content (AvgIpc) is 2.54. The van der Waals surface area contributed by atoms with Crippen LogP contribution in [0.3, 0.4) is 0 Å². The van der Waals surface area contributed by atoms with E-state index in [0.29, 0.717) is 39.6 Å². The number of rotatable bonds is 3. The number of benzene rings is 2. The quantitative estimate of drug-likeness (QED) is 0.747. The van der Waals surface area contributed by atoms with Crippen LogP contribution in [-0.4, -0.2) is 23.0 Å². The van der Waals surface area contributed by atoms with Crippen molar-refractivity contribution in [1.82, 2.24) is 9.97 Å². The number of carbonyl (C=O) groups is 1. The van der Waals surface area contributed by atoms with Gasteiger partial charge in [0.15, 0.2) is 0 Å². The summed E-state index contributed by atoms with van der Waals surface area (Å²) in [5, 5.41) is 1.20. The fourth-order valence-electron chi connectivity index (χ4n) is 2.36. The maximum absolute atomic E-state index is 11.4. The van der Waals surface area contributed by atoms with Crippen LogP contribution in [0.5, 0.6) is 0 Å². The van der Waals surface area contributed by atoms with E-state index in [1.54, 1.807) is 18.2 Å². The topological polar surface area (TPSA) is 78.1 Å². The monoisotopic (exact) mass is 327 g/mol. The molecule has 0 amide bonds. The van der Waals surface area contributed by atoms with E-state index in [-0.39, 0.29) is 5.97 Å². The zero-order chi connectivity index (χ0) is 16.4. The maximum atomic E-state index is 11.4. The van der Waals surface area contributed by atoms with E-state index >= 15 is 0 Å². The highest BCUT2D eigenvalue weighted by molar-refractivity contribution is 6.36. The van der Waals surface area contributed by atoms with E-state index in [9.17, 15) is 4.79 Å². The SMILES string of the molecule is COC(=O)c1ccc(Cc2nc(N)c3c(Cl)cccc3n2)cc1. The van der Waals surface area contributed by atoms with Gasteiger partial charge in [-0.3, -0.25) is 0 Å². The number of hydrogen-bond acceptors (Lipinski definition) is 5. The molecule has 0 fully saturated rings. The fraction of sp³-hybridized carbons (Fsp3) is 0.118. The summed E-state index contributed by atoms with van der Waals surface area (Å²) in [6.45, 7) is 0. The number of nitrogen functional groups attached to an aromatic ring is 1. The van der Waals surface area contributed by atoms with Gasteiger partial charge >= 0.3 is 5.97 Å². The van der Waals surface area contributed by atoms with Gasteiger partial charge in [0.1, 0.15) is 11.6 Å². The van der Waals surface area contributed by atoms with Gasteiger partial charge in [0.05, 0.1) is 28.6 Å². The van der Waals surface area contributed by atoms with Gasteiger partial charge in [0.2, 0.25) is 0 Å². The lowest BCUT2D eigenvalue weighted by Crippen LogP contribution is -2.03. The van der Waals surface area contributed by atoms with E-state index in [1.165, 1.54) is 7.11 Å². The number of methoxy groups -OCH3 is 1. The predicted molar refractivity (Wildman–Crippen MR) is 89.5 cm³/mol. The van der Waals surface area contributed by atoms with Gasteiger partial charge in [-0.15, -0.1) is 0 Å². The highest BCUT2D eigenvalue weighted by Gasteiger charge is 2.10. The summed E-state index contributed by atoms with van der Waals surface area (Å²) in [5.41, 5.74) is 8.18. The number of halogens is 1. The molecule has 23 heavy (non-hydrogen) atoms. The second-order valence-corrected chi connectivity index (χ2v) is 5.43. The van der Waals surface area contributed by atoms with Crippen molar-refractivity contribution in [1.29, 1.82) is 0 Å². The van der Waals surface area contributed by atoms with Gasteiger partial charge in [-0.2, -0.15) is 0 Å². The molecule has 0 radical (unpaired) electrons. The van der Waals surface area contributed by atoms with Crippen LogP contribution in [0.1, 0.15) is 21.7 Å². The third-order valence-electron chi connectivity index (χ3n) is 3.48. The Kier molecular flexibility index (Phi) is 4.12. The summed E-state index contributed by atoms with van der Waals surface area (Å²) in [7, 11) is 1.35. The van der Waals surface area contributed by atoms with E-state index in [2.05, 4.69) is 14.7 Å². The minimum absolute atomic E-state index is 0.363. The number of hydrogen-bond donors (Lipinski definition) is 1. The van der Waals surface area contributed by atoms with Crippen LogP contribution in [0.15, 0.2) is 42.5 Å². The first-order chi connectivity index (χ1) is 11.1. The first kappa shape index (κ1) is 15.2. The lowest BCUT2D eigenvalue weighted by atomic mass is 10.1. The minimum atomic E-state index is -0.364. The van der Waals surface area contributed by atoms with Crippen molar-refractivity contribution >= 4 is 34.3 Å². The molecule has 6 heteroatoms. The molecule has 116 valence electrons. The molecule has 0 spiro atoms. The molecular formula is C17H14ClN3O2. The number of anilines is 1. The lowest BCUT2D eigenvalue weighted by molar-refractivity contribution is 0.0600. The van der Waals surface area contributed by atoms with Crippen LogP contribution in [0.2, 0.25) is 5.02 Å². The van der Waals surface area contributed by atoms with Crippen LogP contribution >= 0.6 is 11.6 Å². The number of aromatic nitrogens is 2. The van der Waals surface area contributed by atoms with Gasteiger partial charge < -0.3 is 10.5 Å². The zero-order valence-electron chi connectivity index (χ0n) is 12.4. The second-order valence-electron chi connectivity index (χ2n) is 5.02. The molecule has 2 N–H and O–H groups in total. The van der Waals surface area contributed by atoms with Gasteiger partial charge in [0, 0.05) is 6.42 Å². The van der Waals surface area contributed by atoms with E-state index in [0.717, 1.165) is 5.56 Å². The molecule has 5 nitrogen and oxygen atoms in total. The Morgan fingerprint density at radius 1 is 1.17 bits per heavy atom. The number of nitrogens with zero attached hydrogens (tertiary/aromatic N) is 2. The molecule has 0 saturated heterocycles. The third kappa shape index (κ3) is 3.10. The molecule has 0 bridgehead atoms. The molecule has 1 heterocycles. The summed E-state index contributed by atoms with van der Waals surface area (Å²) < 4.78 is 4.68. The molecule has 0 aliphatic heterocycles. The summed E-state index contributed by atoms with van der Waals surface area (Å²) in [4.78, 5) is 20.3. The first-order valence-electron chi connectivity index (χ1n) is 6.96.